The Balaban J connectivity index is 1.72. The van der Waals surface area contributed by atoms with Crippen molar-refractivity contribution in [2.75, 3.05) is 7.11 Å². The normalized spacial score (nSPS) is 19.3. The van der Waals surface area contributed by atoms with Crippen LogP contribution in [0.25, 0.3) is 0 Å². The third kappa shape index (κ3) is 3.90. The molecule has 2 aromatic carbocycles. The lowest BCUT2D eigenvalue weighted by Gasteiger charge is -2.22. The standard InChI is InChI=1S/C20H20ClFN2O3/c1-20(11-10-13-6-8-14(27-2)9-7-13)18(25)24(19(26)23-20)12-15-16(21)4-3-5-17(15)22/h3-9H,10-12H2,1-2H3,(H,23,26)/t20-/m1/s1. The lowest BCUT2D eigenvalue weighted by Crippen LogP contribution is -2.44. The number of hydrogen-bond donors (Lipinski definition) is 1. The van der Waals surface area contributed by atoms with Crippen LogP contribution in [0, 0.1) is 5.82 Å². The van der Waals surface area contributed by atoms with E-state index in [4.69, 9.17) is 16.3 Å². The highest BCUT2D eigenvalue weighted by Crippen LogP contribution is 2.28. The number of carbonyl (C=O) groups excluding carboxylic acids is 2. The molecule has 1 heterocycles. The summed E-state index contributed by atoms with van der Waals surface area (Å²) < 4.78 is 19.1. The zero-order valence-electron chi connectivity index (χ0n) is 15.1. The van der Waals surface area contributed by atoms with Crippen LogP contribution in [0.4, 0.5) is 9.18 Å². The van der Waals surface area contributed by atoms with Gasteiger partial charge in [-0.15, -0.1) is 0 Å². The quantitative estimate of drug-likeness (QED) is 0.760. The molecule has 1 N–H and O–H groups in total. The van der Waals surface area contributed by atoms with Crippen LogP contribution in [0.5, 0.6) is 5.75 Å². The maximum absolute atomic E-state index is 14.0. The molecule has 1 atom stereocenters. The summed E-state index contributed by atoms with van der Waals surface area (Å²) in [5.74, 6) is -0.182. The van der Waals surface area contributed by atoms with Crippen LogP contribution in [0.3, 0.4) is 0 Å². The second kappa shape index (κ2) is 7.56. The average Bonchev–Trinajstić information content (AvgIpc) is 2.86. The number of amides is 3. The van der Waals surface area contributed by atoms with E-state index >= 15 is 0 Å². The van der Waals surface area contributed by atoms with Crippen molar-refractivity contribution in [3.63, 3.8) is 0 Å². The summed E-state index contributed by atoms with van der Waals surface area (Å²) in [5, 5.41) is 2.91. The molecule has 0 bridgehead atoms. The smallest absolute Gasteiger partial charge is 0.325 e. The summed E-state index contributed by atoms with van der Waals surface area (Å²) in [6.07, 6.45) is 1.02. The van der Waals surface area contributed by atoms with Gasteiger partial charge < -0.3 is 10.1 Å². The van der Waals surface area contributed by atoms with E-state index in [1.54, 1.807) is 14.0 Å². The molecular formula is C20H20ClFN2O3. The number of urea groups is 1. The van der Waals surface area contributed by atoms with E-state index in [-0.39, 0.29) is 23.0 Å². The third-order valence-corrected chi connectivity index (χ3v) is 5.15. The van der Waals surface area contributed by atoms with Gasteiger partial charge in [0.05, 0.1) is 13.7 Å². The lowest BCUT2D eigenvalue weighted by molar-refractivity contribution is -0.131. The molecule has 1 fully saturated rings. The first-order valence-corrected chi connectivity index (χ1v) is 8.92. The van der Waals surface area contributed by atoms with E-state index in [1.807, 2.05) is 24.3 Å². The molecule has 3 rings (SSSR count). The number of halogens is 2. The second-order valence-corrected chi connectivity index (χ2v) is 7.11. The molecule has 1 aliphatic heterocycles. The van der Waals surface area contributed by atoms with Crippen LogP contribution in [-0.4, -0.2) is 29.5 Å². The number of carbonyl (C=O) groups is 2. The van der Waals surface area contributed by atoms with Gasteiger partial charge in [-0.1, -0.05) is 29.8 Å². The fourth-order valence-electron chi connectivity index (χ4n) is 3.09. The Morgan fingerprint density at radius 1 is 1.19 bits per heavy atom. The number of benzene rings is 2. The van der Waals surface area contributed by atoms with Gasteiger partial charge in [0.15, 0.2) is 0 Å². The Morgan fingerprint density at radius 3 is 2.52 bits per heavy atom. The van der Waals surface area contributed by atoms with Gasteiger partial charge in [-0.25, -0.2) is 9.18 Å². The average molecular weight is 391 g/mol. The van der Waals surface area contributed by atoms with E-state index in [0.717, 1.165) is 16.2 Å². The molecule has 3 amide bonds. The minimum Gasteiger partial charge on any atom is -0.497 e. The topological polar surface area (TPSA) is 58.6 Å². The van der Waals surface area contributed by atoms with Gasteiger partial charge in [0.1, 0.15) is 17.1 Å². The van der Waals surface area contributed by atoms with Crippen molar-refractivity contribution in [2.24, 2.45) is 0 Å². The van der Waals surface area contributed by atoms with Gasteiger partial charge in [0, 0.05) is 10.6 Å². The first kappa shape index (κ1) is 19.2. The molecule has 142 valence electrons. The van der Waals surface area contributed by atoms with E-state index in [1.165, 1.54) is 18.2 Å². The molecule has 0 radical (unpaired) electrons. The summed E-state index contributed by atoms with van der Waals surface area (Å²) in [7, 11) is 1.60. The minimum absolute atomic E-state index is 0.127. The summed E-state index contributed by atoms with van der Waals surface area (Å²) in [4.78, 5) is 26.2. The van der Waals surface area contributed by atoms with Gasteiger partial charge in [0.2, 0.25) is 0 Å². The van der Waals surface area contributed by atoms with Crippen LogP contribution >= 0.6 is 11.6 Å². The van der Waals surface area contributed by atoms with Crippen molar-refractivity contribution < 1.29 is 18.7 Å². The second-order valence-electron chi connectivity index (χ2n) is 6.70. The first-order valence-electron chi connectivity index (χ1n) is 8.54. The van der Waals surface area contributed by atoms with Crippen molar-refractivity contribution in [3.05, 3.63) is 64.4 Å². The Bertz CT molecular complexity index is 852. The van der Waals surface area contributed by atoms with E-state index < -0.39 is 17.4 Å². The van der Waals surface area contributed by atoms with Gasteiger partial charge >= 0.3 is 6.03 Å². The van der Waals surface area contributed by atoms with Crippen LogP contribution in [0.2, 0.25) is 5.02 Å². The van der Waals surface area contributed by atoms with E-state index in [2.05, 4.69) is 5.32 Å². The van der Waals surface area contributed by atoms with Crippen molar-refractivity contribution in [2.45, 2.75) is 31.8 Å². The van der Waals surface area contributed by atoms with Crippen molar-refractivity contribution >= 4 is 23.5 Å². The van der Waals surface area contributed by atoms with Crippen molar-refractivity contribution in [3.8, 4) is 5.75 Å². The minimum atomic E-state index is -1.05. The monoisotopic (exact) mass is 390 g/mol. The van der Waals surface area contributed by atoms with Gasteiger partial charge in [-0.05, 0) is 49.6 Å². The molecule has 5 nitrogen and oxygen atoms in total. The Kier molecular flexibility index (Phi) is 5.37. The Hall–Kier alpha value is -2.60. The highest BCUT2D eigenvalue weighted by atomic mass is 35.5. The summed E-state index contributed by atoms with van der Waals surface area (Å²) in [6.45, 7) is 1.48. The van der Waals surface area contributed by atoms with Gasteiger partial charge in [-0.2, -0.15) is 0 Å². The highest BCUT2D eigenvalue weighted by Gasteiger charge is 2.47. The van der Waals surface area contributed by atoms with Crippen LogP contribution in [-0.2, 0) is 17.8 Å². The van der Waals surface area contributed by atoms with Gasteiger partial charge in [0.25, 0.3) is 5.91 Å². The molecule has 0 aliphatic carbocycles. The molecule has 0 aromatic heterocycles. The zero-order chi connectivity index (χ0) is 19.6. The van der Waals surface area contributed by atoms with Crippen LogP contribution in [0.15, 0.2) is 42.5 Å². The summed E-state index contributed by atoms with van der Waals surface area (Å²) >= 11 is 6.02. The molecular weight excluding hydrogens is 371 g/mol. The number of hydrogen-bond acceptors (Lipinski definition) is 3. The molecule has 1 saturated heterocycles. The predicted octanol–water partition coefficient (Wildman–Crippen LogP) is 3.93. The number of nitrogens with zero attached hydrogens (tertiary/aromatic N) is 1. The molecule has 27 heavy (non-hydrogen) atoms. The van der Waals surface area contributed by atoms with E-state index in [9.17, 15) is 14.0 Å². The first-order chi connectivity index (χ1) is 12.8. The number of methoxy groups -OCH3 is 1. The van der Waals surface area contributed by atoms with E-state index in [0.29, 0.717) is 12.8 Å². The molecule has 0 unspecified atom stereocenters. The van der Waals surface area contributed by atoms with Crippen LogP contribution < -0.4 is 10.1 Å². The number of aryl methyl sites for hydroxylation is 1. The lowest BCUT2D eigenvalue weighted by atomic mass is 9.93. The molecule has 1 aliphatic rings. The van der Waals surface area contributed by atoms with Crippen molar-refractivity contribution in [1.82, 2.24) is 10.2 Å². The maximum Gasteiger partial charge on any atom is 0.325 e. The number of imide groups is 1. The number of rotatable bonds is 6. The summed E-state index contributed by atoms with van der Waals surface area (Å²) in [5.41, 5.74) is 0.103. The molecule has 0 saturated carbocycles. The number of ether oxygens (including phenoxy) is 1. The van der Waals surface area contributed by atoms with Crippen LogP contribution in [0.1, 0.15) is 24.5 Å². The fraction of sp³-hybridized carbons (Fsp3) is 0.300. The third-order valence-electron chi connectivity index (χ3n) is 4.80. The highest BCUT2D eigenvalue weighted by molar-refractivity contribution is 6.31. The Morgan fingerprint density at radius 2 is 1.89 bits per heavy atom. The van der Waals surface area contributed by atoms with Gasteiger partial charge in [-0.3, -0.25) is 9.69 Å². The van der Waals surface area contributed by atoms with Crippen molar-refractivity contribution in [1.29, 1.82) is 0 Å². The molecule has 2 aromatic rings. The number of nitrogens with one attached hydrogen (secondary N) is 1. The zero-order valence-corrected chi connectivity index (χ0v) is 15.8. The fourth-order valence-corrected chi connectivity index (χ4v) is 3.31. The molecule has 0 spiro atoms. The largest absolute Gasteiger partial charge is 0.497 e. The summed E-state index contributed by atoms with van der Waals surface area (Å²) in [6, 6.07) is 11.2. The Labute approximate surface area is 162 Å². The SMILES string of the molecule is COc1ccc(CC[C@@]2(C)NC(=O)N(Cc3c(F)cccc3Cl)C2=O)cc1. The molecule has 7 heteroatoms. The predicted molar refractivity (Wildman–Crippen MR) is 100 cm³/mol. The maximum atomic E-state index is 14.0.